The first kappa shape index (κ1) is 19.8. The predicted molar refractivity (Wildman–Crippen MR) is 115 cm³/mol. The average molecular weight is 406 g/mol. The van der Waals surface area contributed by atoms with Crippen LogP contribution >= 0.6 is 0 Å². The van der Waals surface area contributed by atoms with Crippen LogP contribution < -0.4 is 9.47 Å². The normalized spacial score (nSPS) is 11.1. The Balaban J connectivity index is 2.06. The van der Waals surface area contributed by atoms with Gasteiger partial charge in [0.05, 0.1) is 13.2 Å². The van der Waals surface area contributed by atoms with Crippen molar-refractivity contribution in [3.8, 4) is 34.1 Å². The fraction of sp³-hybridized carbons (Fsp3) is 0.167. The largest absolute Gasteiger partial charge is 0.507 e. The summed E-state index contributed by atoms with van der Waals surface area (Å²) in [5.74, 6) is 1.03. The van der Waals surface area contributed by atoms with Gasteiger partial charge in [0.25, 0.3) is 0 Å². The van der Waals surface area contributed by atoms with E-state index in [2.05, 4.69) is 0 Å². The third kappa shape index (κ3) is 3.47. The van der Waals surface area contributed by atoms with E-state index in [1.807, 2.05) is 36.4 Å². The molecule has 0 aliphatic rings. The topological polar surface area (TPSA) is 99.4 Å². The summed E-state index contributed by atoms with van der Waals surface area (Å²) >= 11 is 0. The van der Waals surface area contributed by atoms with Crippen molar-refractivity contribution in [2.75, 3.05) is 26.4 Å². The quantitative estimate of drug-likeness (QED) is 0.372. The van der Waals surface area contributed by atoms with Gasteiger partial charge in [0.2, 0.25) is 0 Å². The summed E-state index contributed by atoms with van der Waals surface area (Å²) in [5, 5.41) is 42.5. The molecule has 30 heavy (non-hydrogen) atoms. The van der Waals surface area contributed by atoms with Crippen molar-refractivity contribution in [2.45, 2.75) is 0 Å². The molecule has 0 atom stereocenters. The first-order valence-electron chi connectivity index (χ1n) is 9.62. The van der Waals surface area contributed by atoms with E-state index in [-0.39, 0.29) is 37.9 Å². The van der Waals surface area contributed by atoms with Crippen LogP contribution in [-0.2, 0) is 0 Å². The van der Waals surface area contributed by atoms with Crippen LogP contribution in [0.25, 0.3) is 32.7 Å². The van der Waals surface area contributed by atoms with Crippen LogP contribution in [0.5, 0.6) is 23.0 Å². The lowest BCUT2D eigenvalue weighted by Gasteiger charge is -2.19. The third-order valence-electron chi connectivity index (χ3n) is 4.91. The lowest BCUT2D eigenvalue weighted by atomic mass is 9.95. The molecule has 4 rings (SSSR count). The van der Waals surface area contributed by atoms with Crippen molar-refractivity contribution in [1.29, 1.82) is 0 Å². The molecule has 0 bridgehead atoms. The molecule has 6 heteroatoms. The second-order valence-electron chi connectivity index (χ2n) is 6.78. The number of hydrogen-bond acceptors (Lipinski definition) is 6. The van der Waals surface area contributed by atoms with E-state index in [0.717, 1.165) is 0 Å². The minimum Gasteiger partial charge on any atom is -0.507 e. The number of phenols is 2. The number of fused-ring (bicyclic) bond motifs is 2. The molecule has 0 aliphatic carbocycles. The molecule has 0 unspecified atom stereocenters. The molecule has 4 N–H and O–H groups in total. The van der Waals surface area contributed by atoms with Crippen molar-refractivity contribution in [3.05, 3.63) is 60.7 Å². The Hall–Kier alpha value is -3.48. The van der Waals surface area contributed by atoms with E-state index in [1.54, 1.807) is 24.3 Å². The second kappa shape index (κ2) is 8.49. The molecule has 0 spiro atoms. The highest BCUT2D eigenvalue weighted by Gasteiger charge is 2.21. The van der Waals surface area contributed by atoms with Gasteiger partial charge in [-0.15, -0.1) is 0 Å². The first-order valence-corrected chi connectivity index (χ1v) is 9.62. The molecule has 0 saturated heterocycles. The molecule has 0 aromatic heterocycles. The Labute approximate surface area is 173 Å². The number of hydrogen-bond donors (Lipinski definition) is 4. The summed E-state index contributed by atoms with van der Waals surface area (Å²) in [7, 11) is 0. The standard InChI is InChI=1S/C24H22O6/c25-9-11-29-23-17-7-3-1-5-15(17)21(27)13-19(23)20-14-22(28)16-6-2-4-8-18(16)24(20)30-12-10-26/h1-8,13-14,25-28H,9-12H2. The van der Waals surface area contributed by atoms with Crippen LogP contribution in [0.4, 0.5) is 0 Å². The molecule has 0 fully saturated rings. The first-order chi connectivity index (χ1) is 14.7. The van der Waals surface area contributed by atoms with Gasteiger partial charge >= 0.3 is 0 Å². The van der Waals surface area contributed by atoms with E-state index in [4.69, 9.17) is 9.47 Å². The zero-order valence-corrected chi connectivity index (χ0v) is 16.2. The van der Waals surface area contributed by atoms with Crippen LogP contribution in [-0.4, -0.2) is 46.9 Å². The Morgan fingerprint density at radius 1 is 0.567 bits per heavy atom. The number of phenolic OH excluding ortho intramolecular Hbond substituents is 2. The molecular weight excluding hydrogens is 384 g/mol. The van der Waals surface area contributed by atoms with Crippen LogP contribution in [0.15, 0.2) is 60.7 Å². The molecule has 154 valence electrons. The van der Waals surface area contributed by atoms with Crippen LogP contribution in [0.1, 0.15) is 0 Å². The third-order valence-corrected chi connectivity index (χ3v) is 4.91. The number of ether oxygens (including phenoxy) is 2. The summed E-state index contributed by atoms with van der Waals surface area (Å²) in [6.07, 6.45) is 0. The molecule has 0 heterocycles. The summed E-state index contributed by atoms with van der Waals surface area (Å²) in [4.78, 5) is 0. The lowest BCUT2D eigenvalue weighted by molar-refractivity contribution is 0.201. The fourth-order valence-electron chi connectivity index (χ4n) is 3.67. The van der Waals surface area contributed by atoms with Crippen molar-refractivity contribution >= 4 is 21.5 Å². The van der Waals surface area contributed by atoms with Gasteiger partial charge in [0.15, 0.2) is 0 Å². The van der Waals surface area contributed by atoms with E-state index in [1.165, 1.54) is 0 Å². The maximum absolute atomic E-state index is 10.7. The number of rotatable bonds is 7. The van der Waals surface area contributed by atoms with Crippen molar-refractivity contribution < 1.29 is 29.9 Å². The maximum Gasteiger partial charge on any atom is 0.135 e. The zero-order chi connectivity index (χ0) is 21.1. The highest BCUT2D eigenvalue weighted by atomic mass is 16.5. The maximum atomic E-state index is 10.7. The fourth-order valence-corrected chi connectivity index (χ4v) is 3.67. The molecule has 4 aromatic carbocycles. The van der Waals surface area contributed by atoms with Gasteiger partial charge in [-0.2, -0.15) is 0 Å². The van der Waals surface area contributed by atoms with Crippen molar-refractivity contribution in [2.24, 2.45) is 0 Å². The summed E-state index contributed by atoms with van der Waals surface area (Å²) in [6, 6.07) is 17.6. The molecule has 6 nitrogen and oxygen atoms in total. The zero-order valence-electron chi connectivity index (χ0n) is 16.2. The van der Waals surface area contributed by atoms with Crippen LogP contribution in [0.2, 0.25) is 0 Å². The van der Waals surface area contributed by atoms with Gasteiger partial charge in [0.1, 0.15) is 36.2 Å². The summed E-state index contributed by atoms with van der Waals surface area (Å²) in [5.41, 5.74) is 1.02. The summed E-state index contributed by atoms with van der Waals surface area (Å²) in [6.45, 7) is -0.223. The molecule has 4 aromatic rings. The lowest BCUT2D eigenvalue weighted by Crippen LogP contribution is -2.06. The minimum absolute atomic E-state index is 0.0534. The van der Waals surface area contributed by atoms with E-state index in [9.17, 15) is 20.4 Å². The van der Waals surface area contributed by atoms with Crippen LogP contribution in [0, 0.1) is 0 Å². The van der Waals surface area contributed by atoms with Gasteiger partial charge in [-0.05, 0) is 12.1 Å². The second-order valence-corrected chi connectivity index (χ2v) is 6.78. The molecule has 0 aliphatic heterocycles. The van der Waals surface area contributed by atoms with Crippen LogP contribution in [0.3, 0.4) is 0 Å². The van der Waals surface area contributed by atoms with Gasteiger partial charge < -0.3 is 29.9 Å². The average Bonchev–Trinajstić information content (AvgIpc) is 2.78. The number of aliphatic hydroxyl groups is 2. The monoisotopic (exact) mass is 406 g/mol. The summed E-state index contributed by atoms with van der Waals surface area (Å²) < 4.78 is 11.7. The number of aliphatic hydroxyl groups excluding tert-OH is 2. The Bertz CT molecular complexity index is 1110. The molecular formula is C24H22O6. The minimum atomic E-state index is -0.175. The Morgan fingerprint density at radius 2 is 0.933 bits per heavy atom. The highest BCUT2D eigenvalue weighted by molar-refractivity contribution is 6.04. The van der Waals surface area contributed by atoms with E-state index in [0.29, 0.717) is 44.2 Å². The Kier molecular flexibility index (Phi) is 5.61. The molecule has 0 radical (unpaired) electrons. The smallest absolute Gasteiger partial charge is 0.135 e. The van der Waals surface area contributed by atoms with Gasteiger partial charge in [-0.1, -0.05) is 48.5 Å². The van der Waals surface area contributed by atoms with E-state index >= 15 is 0 Å². The van der Waals surface area contributed by atoms with E-state index < -0.39 is 0 Å². The van der Waals surface area contributed by atoms with Crippen molar-refractivity contribution in [1.82, 2.24) is 0 Å². The number of aromatic hydroxyl groups is 2. The Morgan fingerprint density at radius 3 is 1.30 bits per heavy atom. The SMILES string of the molecule is OCCOc1c(-c2cc(O)c3ccccc3c2OCCO)cc(O)c2ccccc12. The van der Waals surface area contributed by atoms with Gasteiger partial charge in [-0.3, -0.25) is 0 Å². The molecule has 0 saturated carbocycles. The highest BCUT2D eigenvalue weighted by Crippen LogP contribution is 2.48. The predicted octanol–water partition coefficient (Wildman–Crippen LogP) is 3.81. The number of benzene rings is 4. The van der Waals surface area contributed by atoms with Gasteiger partial charge in [0, 0.05) is 32.7 Å². The van der Waals surface area contributed by atoms with Crippen molar-refractivity contribution in [3.63, 3.8) is 0 Å². The van der Waals surface area contributed by atoms with Gasteiger partial charge in [-0.25, -0.2) is 0 Å². The molecule has 0 amide bonds.